The summed E-state index contributed by atoms with van der Waals surface area (Å²) >= 11 is 6.10. The number of hydrogen-bond donors (Lipinski definition) is 0. The van der Waals surface area contributed by atoms with Gasteiger partial charge in [-0.25, -0.2) is 0 Å². The molecule has 0 spiro atoms. The van der Waals surface area contributed by atoms with Gasteiger partial charge >= 0.3 is 0 Å². The van der Waals surface area contributed by atoms with Gasteiger partial charge in [-0.05, 0) is 25.1 Å². The van der Waals surface area contributed by atoms with E-state index in [1.807, 2.05) is 52.9 Å². The predicted molar refractivity (Wildman–Crippen MR) is 102 cm³/mol. The lowest BCUT2D eigenvalue weighted by molar-refractivity contribution is 0.0706. The van der Waals surface area contributed by atoms with Crippen LogP contribution in [0.4, 0.5) is 0 Å². The van der Waals surface area contributed by atoms with Crippen molar-refractivity contribution < 1.29 is 9.53 Å². The molecule has 7 heteroatoms. The molecular formula is C20H19ClN4O2. The molecule has 27 heavy (non-hydrogen) atoms. The van der Waals surface area contributed by atoms with Gasteiger partial charge in [0.2, 0.25) is 5.88 Å². The van der Waals surface area contributed by atoms with Crippen LogP contribution in [0.2, 0.25) is 5.02 Å². The molecule has 0 unspecified atom stereocenters. The number of ether oxygens (including phenoxy) is 1. The van der Waals surface area contributed by atoms with Crippen LogP contribution < -0.4 is 4.74 Å². The van der Waals surface area contributed by atoms with Crippen molar-refractivity contribution in [2.75, 3.05) is 6.54 Å². The lowest BCUT2D eigenvalue weighted by Crippen LogP contribution is -2.38. The van der Waals surface area contributed by atoms with Crippen molar-refractivity contribution in [2.45, 2.75) is 26.6 Å². The summed E-state index contributed by atoms with van der Waals surface area (Å²) in [6.45, 7) is 4.11. The Bertz CT molecular complexity index is 968. The lowest BCUT2D eigenvalue weighted by Gasteiger charge is -2.27. The monoisotopic (exact) mass is 382 g/mol. The van der Waals surface area contributed by atoms with E-state index in [1.54, 1.807) is 12.4 Å². The highest BCUT2D eigenvalue weighted by molar-refractivity contribution is 6.31. The molecule has 138 valence electrons. The summed E-state index contributed by atoms with van der Waals surface area (Å²) in [5.74, 6) is 0.566. The Morgan fingerprint density at radius 2 is 2.04 bits per heavy atom. The van der Waals surface area contributed by atoms with Crippen LogP contribution in [0.25, 0.3) is 0 Å². The molecule has 3 heterocycles. The Kier molecular flexibility index (Phi) is 4.81. The summed E-state index contributed by atoms with van der Waals surface area (Å²) in [4.78, 5) is 18.5. The zero-order valence-electron chi connectivity index (χ0n) is 14.9. The second-order valence-corrected chi connectivity index (χ2v) is 6.95. The van der Waals surface area contributed by atoms with Crippen LogP contribution in [-0.4, -0.2) is 32.1 Å². The number of aryl methyl sites for hydroxylation is 1. The normalized spacial score (nSPS) is 13.3. The first-order valence-corrected chi connectivity index (χ1v) is 9.12. The molecular weight excluding hydrogens is 364 g/mol. The Morgan fingerprint density at radius 1 is 1.22 bits per heavy atom. The predicted octanol–water partition coefficient (Wildman–Crippen LogP) is 3.47. The van der Waals surface area contributed by atoms with Crippen LogP contribution in [0.3, 0.4) is 0 Å². The summed E-state index contributed by atoms with van der Waals surface area (Å²) in [6.07, 6.45) is 3.27. The number of hydrogen-bond acceptors (Lipinski definition) is 4. The highest BCUT2D eigenvalue weighted by Gasteiger charge is 2.23. The van der Waals surface area contributed by atoms with Gasteiger partial charge in [0.1, 0.15) is 6.61 Å². The molecule has 0 saturated carbocycles. The minimum atomic E-state index is 0.0356. The molecule has 1 aromatic carbocycles. The average Bonchev–Trinajstić information content (AvgIpc) is 3.09. The number of pyridine rings is 1. The Hall–Kier alpha value is -2.86. The number of rotatable bonds is 4. The van der Waals surface area contributed by atoms with E-state index in [-0.39, 0.29) is 5.91 Å². The van der Waals surface area contributed by atoms with E-state index in [0.717, 1.165) is 16.8 Å². The molecule has 4 rings (SSSR count). The third kappa shape index (κ3) is 3.80. The van der Waals surface area contributed by atoms with Crippen molar-refractivity contribution in [3.8, 4) is 5.88 Å². The van der Waals surface area contributed by atoms with Crippen LogP contribution in [0.1, 0.15) is 27.2 Å². The van der Waals surface area contributed by atoms with Gasteiger partial charge in [0.05, 0.1) is 23.8 Å². The highest BCUT2D eigenvalue weighted by atomic mass is 35.5. The van der Waals surface area contributed by atoms with Gasteiger partial charge in [0.15, 0.2) is 0 Å². The number of carbonyl (C=O) groups is 1. The number of benzene rings is 1. The minimum absolute atomic E-state index is 0.0356. The molecule has 0 N–H and O–H groups in total. The van der Waals surface area contributed by atoms with Gasteiger partial charge in [-0.2, -0.15) is 0 Å². The molecule has 0 bridgehead atoms. The van der Waals surface area contributed by atoms with E-state index in [2.05, 4.69) is 10.1 Å². The molecule has 0 saturated heterocycles. The number of amides is 1. The summed E-state index contributed by atoms with van der Waals surface area (Å²) in [6, 6.07) is 11.4. The van der Waals surface area contributed by atoms with E-state index in [1.165, 1.54) is 0 Å². The largest absolute Gasteiger partial charge is 0.472 e. The Balaban J connectivity index is 1.43. The first kappa shape index (κ1) is 17.5. The van der Waals surface area contributed by atoms with Gasteiger partial charge in [0, 0.05) is 36.1 Å². The zero-order valence-corrected chi connectivity index (χ0v) is 15.7. The van der Waals surface area contributed by atoms with Crippen molar-refractivity contribution >= 4 is 17.5 Å². The number of nitrogens with zero attached hydrogens (tertiary/aromatic N) is 4. The van der Waals surface area contributed by atoms with Gasteiger partial charge in [-0.3, -0.25) is 14.5 Å². The second kappa shape index (κ2) is 7.40. The first-order valence-electron chi connectivity index (χ1n) is 8.74. The number of fused-ring (bicyclic) bond motifs is 1. The second-order valence-electron chi connectivity index (χ2n) is 6.55. The molecule has 1 aliphatic rings. The quantitative estimate of drug-likeness (QED) is 0.693. The topological polar surface area (TPSA) is 60.2 Å². The maximum absolute atomic E-state index is 12.7. The maximum atomic E-state index is 12.7. The highest BCUT2D eigenvalue weighted by Crippen LogP contribution is 2.22. The Morgan fingerprint density at radius 3 is 2.81 bits per heavy atom. The molecule has 0 fully saturated rings. The van der Waals surface area contributed by atoms with Gasteiger partial charge in [-0.1, -0.05) is 29.3 Å². The van der Waals surface area contributed by atoms with Crippen molar-refractivity contribution in [2.24, 2.45) is 0 Å². The van der Waals surface area contributed by atoms with Crippen LogP contribution in [0.15, 0.2) is 48.8 Å². The summed E-state index contributed by atoms with van der Waals surface area (Å²) in [5.41, 5.74) is 3.66. The van der Waals surface area contributed by atoms with Crippen LogP contribution in [0, 0.1) is 6.92 Å². The smallest absolute Gasteiger partial charge is 0.254 e. The fraction of sp³-hybridized carbons (Fsp3) is 0.250. The first-order chi connectivity index (χ1) is 13.1. The van der Waals surface area contributed by atoms with Crippen LogP contribution in [0.5, 0.6) is 5.88 Å². The van der Waals surface area contributed by atoms with E-state index in [4.69, 9.17) is 16.3 Å². The standard InChI is InChI=1S/C20H19ClN4O2/c1-14-2-4-15(5-3-14)20(26)24-8-9-25-17(12-24)10-19(23-25)27-13-16-6-7-22-11-18(16)21/h2-7,10-11H,8-9,12-13H2,1H3. The van der Waals surface area contributed by atoms with Crippen LogP contribution in [-0.2, 0) is 19.7 Å². The number of aromatic nitrogens is 3. The van der Waals surface area contributed by atoms with Crippen molar-refractivity contribution in [3.63, 3.8) is 0 Å². The lowest BCUT2D eigenvalue weighted by atomic mass is 10.1. The van der Waals surface area contributed by atoms with E-state index < -0.39 is 0 Å². The van der Waals surface area contributed by atoms with Gasteiger partial charge < -0.3 is 9.64 Å². The molecule has 0 aliphatic carbocycles. The SMILES string of the molecule is Cc1ccc(C(=O)N2CCn3nc(OCc4ccncc4Cl)cc3C2)cc1. The maximum Gasteiger partial charge on any atom is 0.254 e. The minimum Gasteiger partial charge on any atom is -0.472 e. The summed E-state index contributed by atoms with van der Waals surface area (Å²) in [7, 11) is 0. The number of carbonyl (C=O) groups excluding carboxylic acids is 1. The molecule has 0 radical (unpaired) electrons. The van der Waals surface area contributed by atoms with E-state index in [0.29, 0.717) is 42.7 Å². The molecule has 0 atom stereocenters. The molecule has 1 amide bonds. The molecule has 2 aromatic heterocycles. The van der Waals surface area contributed by atoms with Crippen molar-refractivity contribution in [1.82, 2.24) is 19.7 Å². The number of halogens is 1. The Labute approximate surface area is 162 Å². The van der Waals surface area contributed by atoms with Crippen molar-refractivity contribution in [3.05, 3.63) is 76.2 Å². The van der Waals surface area contributed by atoms with Crippen LogP contribution >= 0.6 is 11.6 Å². The summed E-state index contributed by atoms with van der Waals surface area (Å²) in [5, 5.41) is 5.04. The van der Waals surface area contributed by atoms with Gasteiger partial charge in [-0.15, -0.1) is 5.10 Å². The molecule has 3 aromatic rings. The van der Waals surface area contributed by atoms with Crippen molar-refractivity contribution in [1.29, 1.82) is 0 Å². The fourth-order valence-corrected chi connectivity index (χ4v) is 3.21. The van der Waals surface area contributed by atoms with Gasteiger partial charge in [0.25, 0.3) is 5.91 Å². The van der Waals surface area contributed by atoms with E-state index in [9.17, 15) is 4.79 Å². The molecule has 6 nitrogen and oxygen atoms in total. The third-order valence-corrected chi connectivity index (χ3v) is 4.93. The zero-order chi connectivity index (χ0) is 18.8. The average molecular weight is 383 g/mol. The van der Waals surface area contributed by atoms with E-state index >= 15 is 0 Å². The summed E-state index contributed by atoms with van der Waals surface area (Å²) < 4.78 is 7.66. The third-order valence-electron chi connectivity index (χ3n) is 4.59. The molecule has 1 aliphatic heterocycles. The fourth-order valence-electron chi connectivity index (χ4n) is 3.04.